The van der Waals surface area contributed by atoms with Gasteiger partial charge in [0.1, 0.15) is 11.7 Å². The fourth-order valence-corrected chi connectivity index (χ4v) is 1.40. The number of aliphatic carboxylic acids is 1. The van der Waals surface area contributed by atoms with Gasteiger partial charge in [-0.15, -0.1) is 0 Å². The Kier molecular flexibility index (Phi) is 3.84. The highest BCUT2D eigenvalue weighted by Gasteiger charge is 2.24. The Morgan fingerprint density at radius 3 is 2.67 bits per heavy atom. The highest BCUT2D eigenvalue weighted by molar-refractivity contribution is 5.79. The molecule has 0 saturated carbocycles. The van der Waals surface area contributed by atoms with Crippen LogP contribution in [0.3, 0.4) is 0 Å². The lowest BCUT2D eigenvalue weighted by Gasteiger charge is -2.23. The molecule has 1 aromatic rings. The number of nitriles is 1. The van der Waals surface area contributed by atoms with Gasteiger partial charge in [-0.1, -0.05) is 0 Å². The molecule has 0 amide bonds. The molecule has 0 fully saturated rings. The predicted molar refractivity (Wildman–Crippen MR) is 63.3 cm³/mol. The van der Waals surface area contributed by atoms with Gasteiger partial charge in [0, 0.05) is 13.1 Å². The zero-order valence-corrected chi connectivity index (χ0v) is 9.82. The molecule has 0 aromatic heterocycles. The summed E-state index contributed by atoms with van der Waals surface area (Å²) in [6.45, 7) is 1.41. The number of nitro groups is 1. The van der Waals surface area contributed by atoms with Gasteiger partial charge < -0.3 is 10.0 Å². The molecule has 94 valence electrons. The van der Waals surface area contributed by atoms with E-state index >= 15 is 0 Å². The molecule has 18 heavy (non-hydrogen) atoms. The normalized spacial score (nSPS) is 11.4. The van der Waals surface area contributed by atoms with Gasteiger partial charge >= 0.3 is 5.97 Å². The summed E-state index contributed by atoms with van der Waals surface area (Å²) in [6, 6.07) is 4.74. The largest absolute Gasteiger partial charge is 0.480 e. The molecule has 0 radical (unpaired) electrons. The quantitative estimate of drug-likeness (QED) is 0.637. The molecular weight excluding hydrogens is 238 g/mol. The molecule has 0 heterocycles. The van der Waals surface area contributed by atoms with E-state index in [9.17, 15) is 14.9 Å². The lowest BCUT2D eigenvalue weighted by Crippen LogP contribution is -2.36. The van der Waals surface area contributed by atoms with Gasteiger partial charge in [-0.2, -0.15) is 5.26 Å². The number of rotatable bonds is 4. The summed E-state index contributed by atoms with van der Waals surface area (Å²) in [5.74, 6) is -1.10. The molecule has 0 aliphatic carbocycles. The second kappa shape index (κ2) is 5.14. The summed E-state index contributed by atoms with van der Waals surface area (Å²) < 4.78 is 0. The molecule has 0 aliphatic heterocycles. The van der Waals surface area contributed by atoms with E-state index in [0.29, 0.717) is 0 Å². The van der Waals surface area contributed by atoms with Gasteiger partial charge in [0.05, 0.1) is 16.6 Å². The van der Waals surface area contributed by atoms with E-state index in [4.69, 9.17) is 10.4 Å². The number of carbonyl (C=O) groups is 1. The van der Waals surface area contributed by atoms with Gasteiger partial charge in [0.15, 0.2) is 0 Å². The third kappa shape index (κ3) is 2.55. The highest BCUT2D eigenvalue weighted by Crippen LogP contribution is 2.29. The molecule has 1 N–H and O–H groups in total. The summed E-state index contributed by atoms with van der Waals surface area (Å²) >= 11 is 0. The van der Waals surface area contributed by atoms with Crippen molar-refractivity contribution in [3.05, 3.63) is 33.9 Å². The Morgan fingerprint density at radius 1 is 1.61 bits per heavy atom. The fourth-order valence-electron chi connectivity index (χ4n) is 1.40. The first kappa shape index (κ1) is 13.4. The van der Waals surface area contributed by atoms with Gasteiger partial charge in [-0.3, -0.25) is 10.1 Å². The minimum absolute atomic E-state index is 0.106. The van der Waals surface area contributed by atoms with Gasteiger partial charge in [-0.05, 0) is 19.1 Å². The molecule has 1 unspecified atom stereocenters. The summed E-state index contributed by atoms with van der Waals surface area (Å²) in [7, 11) is 1.43. The Bertz CT molecular complexity index is 536. The molecule has 1 aromatic carbocycles. The van der Waals surface area contributed by atoms with Gasteiger partial charge in [0.25, 0.3) is 5.69 Å². The van der Waals surface area contributed by atoms with Crippen molar-refractivity contribution in [3.63, 3.8) is 0 Å². The average Bonchev–Trinajstić information content (AvgIpc) is 2.35. The van der Waals surface area contributed by atoms with Crippen LogP contribution in [0, 0.1) is 21.4 Å². The van der Waals surface area contributed by atoms with Crippen LogP contribution in [0.1, 0.15) is 12.5 Å². The Morgan fingerprint density at radius 2 is 2.22 bits per heavy atom. The number of nitro benzene ring substituents is 1. The molecule has 7 nitrogen and oxygen atoms in total. The van der Waals surface area contributed by atoms with Crippen molar-refractivity contribution >= 4 is 17.3 Å². The summed E-state index contributed by atoms with van der Waals surface area (Å²) in [4.78, 5) is 22.4. The second-order valence-corrected chi connectivity index (χ2v) is 3.70. The first-order valence-corrected chi connectivity index (χ1v) is 5.02. The van der Waals surface area contributed by atoms with Crippen molar-refractivity contribution in [2.24, 2.45) is 0 Å². The van der Waals surface area contributed by atoms with Crippen LogP contribution in [-0.2, 0) is 4.79 Å². The highest BCUT2D eigenvalue weighted by atomic mass is 16.6. The van der Waals surface area contributed by atoms with Gasteiger partial charge in [-0.25, -0.2) is 4.79 Å². The first-order valence-electron chi connectivity index (χ1n) is 5.02. The van der Waals surface area contributed by atoms with Crippen LogP contribution in [0.15, 0.2) is 18.2 Å². The van der Waals surface area contributed by atoms with Crippen LogP contribution in [0.25, 0.3) is 0 Å². The van der Waals surface area contributed by atoms with E-state index in [2.05, 4.69) is 0 Å². The zero-order valence-electron chi connectivity index (χ0n) is 9.82. The Balaban J connectivity index is 3.32. The van der Waals surface area contributed by atoms with Crippen molar-refractivity contribution in [2.45, 2.75) is 13.0 Å². The van der Waals surface area contributed by atoms with E-state index in [-0.39, 0.29) is 16.9 Å². The molecule has 1 rings (SSSR count). The fraction of sp³-hybridized carbons (Fsp3) is 0.273. The number of carboxylic acids is 1. The molecule has 7 heteroatoms. The average molecular weight is 249 g/mol. The van der Waals surface area contributed by atoms with E-state index in [0.717, 1.165) is 0 Å². The number of nitrogens with zero attached hydrogens (tertiary/aromatic N) is 3. The minimum atomic E-state index is -1.10. The van der Waals surface area contributed by atoms with Crippen molar-refractivity contribution in [1.82, 2.24) is 0 Å². The maximum absolute atomic E-state index is 10.9. The lowest BCUT2D eigenvalue weighted by molar-refractivity contribution is -0.384. The number of carboxylic acid groups (broad SMARTS) is 1. The van der Waals surface area contributed by atoms with Crippen molar-refractivity contribution in [2.75, 3.05) is 11.9 Å². The SMILES string of the molecule is CC(C(=O)O)N(C)c1cc(C#N)ccc1[N+](=O)[O-]. The van der Waals surface area contributed by atoms with E-state index in [1.54, 1.807) is 0 Å². The van der Waals surface area contributed by atoms with Crippen molar-refractivity contribution < 1.29 is 14.8 Å². The third-order valence-corrected chi connectivity index (χ3v) is 2.62. The first-order chi connectivity index (χ1) is 8.38. The zero-order chi connectivity index (χ0) is 13.9. The lowest BCUT2D eigenvalue weighted by atomic mass is 10.1. The number of anilines is 1. The van der Waals surface area contributed by atoms with Crippen molar-refractivity contribution in [3.8, 4) is 6.07 Å². The predicted octanol–water partition coefficient (Wildman–Crippen LogP) is 1.38. The maximum Gasteiger partial charge on any atom is 0.326 e. The van der Waals surface area contributed by atoms with Crippen LogP contribution in [0.4, 0.5) is 11.4 Å². The van der Waals surface area contributed by atoms with Crippen LogP contribution in [0.5, 0.6) is 0 Å². The Labute approximate surface area is 103 Å². The smallest absolute Gasteiger partial charge is 0.326 e. The summed E-state index contributed by atoms with van der Waals surface area (Å²) in [6.07, 6.45) is 0. The topological polar surface area (TPSA) is 107 Å². The monoisotopic (exact) mass is 249 g/mol. The van der Waals surface area contributed by atoms with E-state index in [1.807, 2.05) is 6.07 Å². The summed E-state index contributed by atoms with van der Waals surface area (Å²) in [5.41, 5.74) is 0.110. The number of hydrogen-bond donors (Lipinski definition) is 1. The second-order valence-electron chi connectivity index (χ2n) is 3.70. The number of benzene rings is 1. The molecule has 1 atom stereocenters. The van der Waals surface area contributed by atoms with Crippen LogP contribution >= 0.6 is 0 Å². The minimum Gasteiger partial charge on any atom is -0.480 e. The van der Waals surface area contributed by atoms with Gasteiger partial charge in [0.2, 0.25) is 0 Å². The standard InChI is InChI=1S/C11H11N3O4/c1-7(11(15)16)13(2)10-5-8(6-12)3-4-9(10)14(17)18/h3-5,7H,1-2H3,(H,15,16). The molecule has 0 spiro atoms. The van der Waals surface area contributed by atoms with Crippen LogP contribution in [0.2, 0.25) is 0 Å². The molecule has 0 saturated heterocycles. The van der Waals surface area contributed by atoms with Crippen molar-refractivity contribution in [1.29, 1.82) is 5.26 Å². The van der Waals surface area contributed by atoms with E-state index in [1.165, 1.54) is 37.1 Å². The number of hydrogen-bond acceptors (Lipinski definition) is 5. The Hall–Kier alpha value is -2.62. The van der Waals surface area contributed by atoms with Crippen LogP contribution < -0.4 is 4.90 Å². The molecule has 0 bridgehead atoms. The maximum atomic E-state index is 10.9. The number of likely N-dealkylation sites (N-methyl/N-ethyl adjacent to an activating group) is 1. The third-order valence-electron chi connectivity index (χ3n) is 2.62. The van der Waals surface area contributed by atoms with E-state index < -0.39 is 16.9 Å². The molecular formula is C11H11N3O4. The van der Waals surface area contributed by atoms with Crippen LogP contribution in [-0.4, -0.2) is 29.1 Å². The summed E-state index contributed by atoms with van der Waals surface area (Å²) in [5, 5.41) is 28.5. The molecule has 0 aliphatic rings.